The Morgan fingerprint density at radius 3 is 2.35 bits per heavy atom. The van der Waals surface area contributed by atoms with Crippen molar-refractivity contribution in [2.75, 3.05) is 27.2 Å². The summed E-state index contributed by atoms with van der Waals surface area (Å²) in [5, 5.41) is 0. The van der Waals surface area contributed by atoms with Crippen molar-refractivity contribution in [3.05, 3.63) is 0 Å². The highest BCUT2D eigenvalue weighted by Crippen LogP contribution is 2.29. The number of carbonyl (C=O) groups excluding carboxylic acids is 1. The minimum absolute atomic E-state index is 0.169. The Morgan fingerprint density at radius 1 is 1.17 bits per heavy atom. The van der Waals surface area contributed by atoms with Crippen LogP contribution in [0.15, 0.2) is 0 Å². The average Bonchev–Trinajstić information content (AvgIpc) is 2.59. The molecule has 1 saturated heterocycles. The van der Waals surface area contributed by atoms with Gasteiger partial charge in [-0.05, 0) is 57.8 Å². The van der Waals surface area contributed by atoms with Crippen LogP contribution in [0, 0.1) is 5.92 Å². The molecule has 2 fully saturated rings. The van der Waals surface area contributed by atoms with E-state index < -0.39 is 0 Å². The second kappa shape index (κ2) is 9.03. The summed E-state index contributed by atoms with van der Waals surface area (Å²) in [5.41, 5.74) is 0. The maximum Gasteiger partial charge on any atom is 0.222 e. The van der Waals surface area contributed by atoms with E-state index in [0.29, 0.717) is 12.5 Å². The molecule has 0 aromatic heterocycles. The molecule has 0 N–H and O–H groups in total. The molecule has 0 unspecified atom stereocenters. The van der Waals surface area contributed by atoms with Gasteiger partial charge in [-0.2, -0.15) is 0 Å². The molecule has 1 atom stereocenters. The molecule has 1 aliphatic carbocycles. The molecule has 0 bridgehead atoms. The van der Waals surface area contributed by atoms with Gasteiger partial charge in [0, 0.05) is 45.8 Å². The lowest BCUT2D eigenvalue weighted by Gasteiger charge is -2.42. The first kappa shape index (κ1) is 18.7. The van der Waals surface area contributed by atoms with Gasteiger partial charge in [0.15, 0.2) is 0 Å². The van der Waals surface area contributed by atoms with Crippen LogP contribution in [0.4, 0.5) is 0 Å². The fourth-order valence-corrected chi connectivity index (χ4v) is 4.07. The molecule has 4 heteroatoms. The van der Waals surface area contributed by atoms with E-state index in [0.717, 1.165) is 44.3 Å². The van der Waals surface area contributed by atoms with Crippen LogP contribution in [0.25, 0.3) is 0 Å². The van der Waals surface area contributed by atoms with Crippen LogP contribution in [0.3, 0.4) is 0 Å². The van der Waals surface area contributed by atoms with Crippen molar-refractivity contribution in [1.82, 2.24) is 9.80 Å². The van der Waals surface area contributed by atoms with Crippen LogP contribution in [0.1, 0.15) is 65.2 Å². The van der Waals surface area contributed by atoms with Gasteiger partial charge in [0.05, 0.1) is 6.10 Å². The zero-order valence-corrected chi connectivity index (χ0v) is 15.6. The Bertz CT molecular complexity index is 358. The molecule has 1 heterocycles. The van der Waals surface area contributed by atoms with Gasteiger partial charge >= 0.3 is 0 Å². The summed E-state index contributed by atoms with van der Waals surface area (Å²) in [7, 11) is 3.70. The smallest absolute Gasteiger partial charge is 0.222 e. The highest BCUT2D eigenvalue weighted by molar-refractivity contribution is 5.76. The van der Waals surface area contributed by atoms with Gasteiger partial charge in [0.25, 0.3) is 0 Å². The Hall–Kier alpha value is -0.610. The van der Waals surface area contributed by atoms with E-state index in [1.165, 1.54) is 25.7 Å². The topological polar surface area (TPSA) is 32.8 Å². The zero-order chi connectivity index (χ0) is 16.8. The molecule has 1 saturated carbocycles. The Kier molecular flexibility index (Phi) is 7.35. The largest absolute Gasteiger partial charge is 0.382 e. The van der Waals surface area contributed by atoms with E-state index in [1.807, 2.05) is 18.9 Å². The maximum atomic E-state index is 12.3. The van der Waals surface area contributed by atoms with Crippen molar-refractivity contribution < 1.29 is 9.53 Å². The standard InChI is InChI=1S/C19H36N2O2/c1-15-5-8-18(9-6-15)21-13-11-17(12-14-21)20(3)19(22)10-7-16(2)23-4/h15-18H,5-14H2,1-4H3/t15?,16-,18?/m0/s1. The second-order valence-electron chi connectivity index (χ2n) is 7.77. The normalized spacial score (nSPS) is 28.5. The summed E-state index contributed by atoms with van der Waals surface area (Å²) in [6.45, 7) is 6.73. The quantitative estimate of drug-likeness (QED) is 0.751. The lowest BCUT2D eigenvalue weighted by Crippen LogP contribution is -2.49. The van der Waals surface area contributed by atoms with Gasteiger partial charge in [0.2, 0.25) is 5.91 Å². The molecule has 2 aliphatic rings. The van der Waals surface area contributed by atoms with E-state index in [2.05, 4.69) is 11.8 Å². The molecule has 0 aromatic carbocycles. The van der Waals surface area contributed by atoms with E-state index in [4.69, 9.17) is 4.74 Å². The zero-order valence-electron chi connectivity index (χ0n) is 15.6. The van der Waals surface area contributed by atoms with E-state index in [-0.39, 0.29) is 12.0 Å². The predicted molar refractivity (Wildman–Crippen MR) is 94.5 cm³/mol. The van der Waals surface area contributed by atoms with Crippen molar-refractivity contribution in [2.24, 2.45) is 5.92 Å². The molecule has 134 valence electrons. The monoisotopic (exact) mass is 324 g/mol. The molecule has 4 nitrogen and oxygen atoms in total. The summed E-state index contributed by atoms with van der Waals surface area (Å²) in [6.07, 6.45) is 9.38. The first-order chi connectivity index (χ1) is 11.0. The van der Waals surface area contributed by atoms with Gasteiger partial charge in [0.1, 0.15) is 0 Å². The van der Waals surface area contributed by atoms with Crippen molar-refractivity contribution >= 4 is 5.91 Å². The van der Waals surface area contributed by atoms with Gasteiger partial charge < -0.3 is 14.5 Å². The molecule has 1 aliphatic heterocycles. The molecule has 23 heavy (non-hydrogen) atoms. The predicted octanol–water partition coefficient (Wildman–Crippen LogP) is 3.30. The molecular weight excluding hydrogens is 288 g/mol. The Morgan fingerprint density at radius 2 is 1.78 bits per heavy atom. The minimum Gasteiger partial charge on any atom is -0.382 e. The summed E-state index contributed by atoms with van der Waals surface area (Å²) < 4.78 is 5.24. The van der Waals surface area contributed by atoms with Gasteiger partial charge in [-0.3, -0.25) is 4.79 Å². The van der Waals surface area contributed by atoms with Crippen LogP contribution < -0.4 is 0 Å². The summed E-state index contributed by atoms with van der Waals surface area (Å²) in [6, 6.07) is 1.23. The Labute approximate surface area is 142 Å². The molecular formula is C19H36N2O2. The third-order valence-electron chi connectivity index (χ3n) is 6.11. The minimum atomic E-state index is 0.169. The SMILES string of the molecule is CO[C@@H](C)CCC(=O)N(C)C1CCN(C2CCC(C)CC2)CC1. The number of likely N-dealkylation sites (tertiary alicyclic amines) is 1. The number of rotatable bonds is 6. The lowest BCUT2D eigenvalue weighted by atomic mass is 9.85. The van der Waals surface area contributed by atoms with E-state index in [9.17, 15) is 4.79 Å². The number of piperidine rings is 1. The highest BCUT2D eigenvalue weighted by atomic mass is 16.5. The number of hydrogen-bond acceptors (Lipinski definition) is 3. The number of nitrogens with zero attached hydrogens (tertiary/aromatic N) is 2. The number of methoxy groups -OCH3 is 1. The first-order valence-electron chi connectivity index (χ1n) is 9.53. The van der Waals surface area contributed by atoms with E-state index in [1.54, 1.807) is 7.11 Å². The van der Waals surface area contributed by atoms with Gasteiger partial charge in [-0.15, -0.1) is 0 Å². The molecule has 0 radical (unpaired) electrons. The summed E-state index contributed by atoms with van der Waals surface area (Å²) >= 11 is 0. The molecule has 1 amide bonds. The van der Waals surface area contributed by atoms with Crippen LogP contribution in [0.2, 0.25) is 0 Å². The molecule has 0 spiro atoms. The highest BCUT2D eigenvalue weighted by Gasteiger charge is 2.30. The number of carbonyl (C=O) groups is 1. The van der Waals surface area contributed by atoms with Crippen molar-refractivity contribution in [3.63, 3.8) is 0 Å². The van der Waals surface area contributed by atoms with Crippen LogP contribution in [0.5, 0.6) is 0 Å². The molecule has 2 rings (SSSR count). The van der Waals surface area contributed by atoms with E-state index >= 15 is 0 Å². The van der Waals surface area contributed by atoms with Crippen molar-refractivity contribution in [2.45, 2.75) is 83.4 Å². The van der Waals surface area contributed by atoms with Crippen molar-refractivity contribution in [1.29, 1.82) is 0 Å². The number of amides is 1. The fraction of sp³-hybridized carbons (Fsp3) is 0.947. The number of hydrogen-bond donors (Lipinski definition) is 0. The van der Waals surface area contributed by atoms with Gasteiger partial charge in [-0.1, -0.05) is 6.92 Å². The van der Waals surface area contributed by atoms with Crippen LogP contribution in [-0.4, -0.2) is 61.1 Å². The molecule has 0 aromatic rings. The average molecular weight is 325 g/mol. The maximum absolute atomic E-state index is 12.3. The summed E-state index contributed by atoms with van der Waals surface area (Å²) in [4.78, 5) is 17.0. The number of ether oxygens (including phenoxy) is 1. The second-order valence-corrected chi connectivity index (χ2v) is 7.77. The van der Waals surface area contributed by atoms with Gasteiger partial charge in [-0.25, -0.2) is 0 Å². The summed E-state index contributed by atoms with van der Waals surface area (Å²) in [5.74, 6) is 1.20. The lowest BCUT2D eigenvalue weighted by molar-refractivity contribution is -0.133. The van der Waals surface area contributed by atoms with Crippen LogP contribution >= 0.6 is 0 Å². The Balaban J connectivity index is 1.71. The third-order valence-corrected chi connectivity index (χ3v) is 6.11. The first-order valence-corrected chi connectivity index (χ1v) is 9.53. The van der Waals surface area contributed by atoms with Crippen molar-refractivity contribution in [3.8, 4) is 0 Å². The third kappa shape index (κ3) is 5.46. The van der Waals surface area contributed by atoms with Crippen LogP contribution in [-0.2, 0) is 9.53 Å². The fourth-order valence-electron chi connectivity index (χ4n) is 4.07.